The topological polar surface area (TPSA) is 62.7 Å². The van der Waals surface area contributed by atoms with Crippen molar-refractivity contribution in [2.75, 3.05) is 6.54 Å². The highest BCUT2D eigenvalue weighted by Crippen LogP contribution is 2.28. The van der Waals surface area contributed by atoms with E-state index in [0.717, 1.165) is 47.5 Å². The maximum atomic E-state index is 11.3. The van der Waals surface area contributed by atoms with E-state index in [4.69, 9.17) is 4.74 Å². The maximum Gasteiger partial charge on any atom is 0.320 e. The van der Waals surface area contributed by atoms with E-state index in [1.54, 1.807) is 6.20 Å². The van der Waals surface area contributed by atoms with E-state index in [1.807, 2.05) is 36.9 Å². The van der Waals surface area contributed by atoms with E-state index in [-0.39, 0.29) is 6.04 Å². The van der Waals surface area contributed by atoms with Crippen LogP contribution in [0.3, 0.4) is 0 Å². The summed E-state index contributed by atoms with van der Waals surface area (Å²) in [4.78, 5) is 17.7. The predicted molar refractivity (Wildman–Crippen MR) is 95.6 cm³/mol. The van der Waals surface area contributed by atoms with Crippen molar-refractivity contribution in [2.24, 2.45) is 0 Å². The number of ether oxygens (including phenoxy) is 1. The lowest BCUT2D eigenvalue weighted by atomic mass is 10.0. The molecule has 2 heterocycles. The number of carboxylic acids is 1. The molecule has 1 aromatic carbocycles. The van der Waals surface area contributed by atoms with Crippen molar-refractivity contribution < 1.29 is 14.6 Å². The van der Waals surface area contributed by atoms with Crippen molar-refractivity contribution in [3.8, 4) is 5.75 Å². The molecule has 0 unspecified atom stereocenters. The SMILES string of the molecule is Cc1cc(CN2CCC[C@@H]2C(=O)O)cc(C)c1OCc1ccccn1. The Morgan fingerprint density at radius 3 is 2.72 bits per heavy atom. The minimum atomic E-state index is -0.721. The monoisotopic (exact) mass is 340 g/mol. The van der Waals surface area contributed by atoms with Gasteiger partial charge >= 0.3 is 5.97 Å². The minimum Gasteiger partial charge on any atom is -0.487 e. The zero-order chi connectivity index (χ0) is 17.8. The molecule has 3 rings (SSSR count). The number of aryl methyl sites for hydroxylation is 2. The molecule has 5 nitrogen and oxygen atoms in total. The Labute approximate surface area is 148 Å². The molecule has 0 spiro atoms. The number of aliphatic carboxylic acids is 1. The van der Waals surface area contributed by atoms with E-state index >= 15 is 0 Å². The summed E-state index contributed by atoms with van der Waals surface area (Å²) in [5.74, 6) is 0.159. The third-order valence-electron chi connectivity index (χ3n) is 4.65. The molecule has 0 aliphatic carbocycles. The van der Waals surface area contributed by atoms with Crippen LogP contribution in [-0.2, 0) is 17.9 Å². The van der Waals surface area contributed by atoms with E-state index in [9.17, 15) is 9.90 Å². The summed E-state index contributed by atoms with van der Waals surface area (Å²) < 4.78 is 5.97. The van der Waals surface area contributed by atoms with Gasteiger partial charge in [0.05, 0.1) is 5.69 Å². The van der Waals surface area contributed by atoms with Crippen molar-refractivity contribution in [1.82, 2.24) is 9.88 Å². The van der Waals surface area contributed by atoms with E-state index < -0.39 is 5.97 Å². The van der Waals surface area contributed by atoms with Crippen LogP contribution in [0.15, 0.2) is 36.5 Å². The Morgan fingerprint density at radius 2 is 2.08 bits per heavy atom. The van der Waals surface area contributed by atoms with E-state index in [1.165, 1.54) is 0 Å². The average molecular weight is 340 g/mol. The molecule has 2 aromatic rings. The van der Waals surface area contributed by atoms with Crippen LogP contribution in [0.25, 0.3) is 0 Å². The van der Waals surface area contributed by atoms with Gasteiger partial charge in [0.15, 0.2) is 0 Å². The smallest absolute Gasteiger partial charge is 0.320 e. The summed E-state index contributed by atoms with van der Waals surface area (Å²) in [6.07, 6.45) is 3.44. The molecule has 1 saturated heterocycles. The molecular weight excluding hydrogens is 316 g/mol. The summed E-state index contributed by atoms with van der Waals surface area (Å²) in [7, 11) is 0. The number of rotatable bonds is 6. The van der Waals surface area contributed by atoms with Gasteiger partial charge in [-0.25, -0.2) is 0 Å². The number of pyridine rings is 1. The van der Waals surface area contributed by atoms with Crippen LogP contribution >= 0.6 is 0 Å². The Bertz CT molecular complexity index is 723. The number of benzene rings is 1. The number of nitrogens with zero attached hydrogens (tertiary/aromatic N) is 2. The molecule has 1 atom stereocenters. The van der Waals surface area contributed by atoms with Crippen LogP contribution in [0.5, 0.6) is 5.75 Å². The number of likely N-dealkylation sites (tertiary alicyclic amines) is 1. The second-order valence-electron chi connectivity index (χ2n) is 6.64. The highest BCUT2D eigenvalue weighted by atomic mass is 16.5. The van der Waals surface area contributed by atoms with Crippen molar-refractivity contribution >= 4 is 5.97 Å². The summed E-state index contributed by atoms with van der Waals surface area (Å²) in [5.41, 5.74) is 4.16. The zero-order valence-corrected chi connectivity index (χ0v) is 14.7. The van der Waals surface area contributed by atoms with Crippen molar-refractivity contribution in [1.29, 1.82) is 0 Å². The van der Waals surface area contributed by atoms with Gasteiger partial charge in [0.25, 0.3) is 0 Å². The van der Waals surface area contributed by atoms with Crippen molar-refractivity contribution in [2.45, 2.75) is 45.9 Å². The molecule has 132 valence electrons. The number of carboxylic acid groups (broad SMARTS) is 1. The van der Waals surface area contributed by atoms with Crippen LogP contribution < -0.4 is 4.74 Å². The molecule has 1 fully saturated rings. The van der Waals surface area contributed by atoms with Crippen LogP contribution in [0.1, 0.15) is 35.2 Å². The molecule has 1 aromatic heterocycles. The predicted octanol–water partition coefficient (Wildman–Crippen LogP) is 3.33. The molecule has 0 saturated carbocycles. The van der Waals surface area contributed by atoms with Gasteiger partial charge in [0, 0.05) is 12.7 Å². The molecule has 1 aliphatic heterocycles. The largest absolute Gasteiger partial charge is 0.487 e. The fourth-order valence-corrected chi connectivity index (χ4v) is 3.52. The molecular formula is C20H24N2O3. The first kappa shape index (κ1) is 17.4. The normalized spacial score (nSPS) is 17.6. The van der Waals surface area contributed by atoms with E-state index in [0.29, 0.717) is 13.2 Å². The lowest BCUT2D eigenvalue weighted by molar-refractivity contribution is -0.142. The fourth-order valence-electron chi connectivity index (χ4n) is 3.52. The molecule has 1 aliphatic rings. The Kier molecular flexibility index (Phi) is 5.34. The van der Waals surface area contributed by atoms with E-state index in [2.05, 4.69) is 17.1 Å². The highest BCUT2D eigenvalue weighted by molar-refractivity contribution is 5.73. The van der Waals surface area contributed by atoms with Gasteiger partial charge < -0.3 is 9.84 Å². The zero-order valence-electron chi connectivity index (χ0n) is 14.7. The third kappa shape index (κ3) is 4.17. The Morgan fingerprint density at radius 1 is 1.32 bits per heavy atom. The fraction of sp³-hybridized carbons (Fsp3) is 0.400. The molecule has 0 bridgehead atoms. The number of carbonyl (C=O) groups is 1. The van der Waals surface area contributed by atoms with Crippen molar-refractivity contribution in [3.05, 3.63) is 58.9 Å². The first-order chi connectivity index (χ1) is 12.0. The maximum absolute atomic E-state index is 11.3. The van der Waals surface area contributed by atoms with Gasteiger partial charge in [-0.3, -0.25) is 14.7 Å². The lowest BCUT2D eigenvalue weighted by Crippen LogP contribution is -2.35. The molecule has 1 N–H and O–H groups in total. The van der Waals surface area contributed by atoms with Crippen LogP contribution in [0, 0.1) is 13.8 Å². The van der Waals surface area contributed by atoms with Gasteiger partial charge in [-0.1, -0.05) is 18.2 Å². The third-order valence-corrected chi connectivity index (χ3v) is 4.65. The first-order valence-electron chi connectivity index (χ1n) is 8.64. The van der Waals surface area contributed by atoms with Gasteiger partial charge in [-0.15, -0.1) is 0 Å². The van der Waals surface area contributed by atoms with Crippen LogP contribution in [0.4, 0.5) is 0 Å². The number of hydrogen-bond acceptors (Lipinski definition) is 4. The van der Waals surface area contributed by atoms with Crippen molar-refractivity contribution in [3.63, 3.8) is 0 Å². The van der Waals surface area contributed by atoms with Crippen LogP contribution in [0.2, 0.25) is 0 Å². The lowest BCUT2D eigenvalue weighted by Gasteiger charge is -2.22. The summed E-state index contributed by atoms with van der Waals surface area (Å²) in [6, 6.07) is 9.61. The number of aromatic nitrogens is 1. The van der Waals surface area contributed by atoms with Gasteiger partial charge in [0.2, 0.25) is 0 Å². The quantitative estimate of drug-likeness (QED) is 0.874. The molecule has 25 heavy (non-hydrogen) atoms. The van der Waals surface area contributed by atoms with Gasteiger partial charge in [-0.05, 0) is 62.1 Å². The second kappa shape index (κ2) is 7.66. The summed E-state index contributed by atoms with van der Waals surface area (Å²) in [5, 5.41) is 9.33. The first-order valence-corrected chi connectivity index (χ1v) is 8.64. The molecule has 0 amide bonds. The average Bonchev–Trinajstić information content (AvgIpc) is 3.03. The molecule has 0 radical (unpaired) electrons. The Hall–Kier alpha value is -2.40. The summed E-state index contributed by atoms with van der Waals surface area (Å²) >= 11 is 0. The standard InChI is InChI=1S/C20H24N2O3/c1-14-10-16(12-22-9-5-7-18(22)20(23)24)11-15(2)19(14)25-13-17-6-3-4-8-21-17/h3-4,6,8,10-11,18H,5,7,9,12-13H2,1-2H3,(H,23,24)/t18-/m1/s1. The Balaban J connectivity index is 1.70. The summed E-state index contributed by atoms with van der Waals surface area (Å²) in [6.45, 7) is 6.01. The number of hydrogen-bond donors (Lipinski definition) is 1. The van der Waals surface area contributed by atoms with Gasteiger partial charge in [-0.2, -0.15) is 0 Å². The van der Waals surface area contributed by atoms with Gasteiger partial charge in [0.1, 0.15) is 18.4 Å². The second-order valence-corrected chi connectivity index (χ2v) is 6.64. The molecule has 5 heteroatoms. The van der Waals surface area contributed by atoms with Crippen LogP contribution in [-0.4, -0.2) is 33.5 Å². The highest BCUT2D eigenvalue weighted by Gasteiger charge is 2.30. The minimum absolute atomic E-state index is 0.360.